The van der Waals surface area contributed by atoms with Crippen molar-refractivity contribution in [1.82, 2.24) is 4.98 Å². The summed E-state index contributed by atoms with van der Waals surface area (Å²) in [5.74, 6) is 0. The van der Waals surface area contributed by atoms with Gasteiger partial charge in [0, 0.05) is 25.2 Å². The zero-order valence-electron chi connectivity index (χ0n) is 4.33. The van der Waals surface area contributed by atoms with Crippen LogP contribution in [0.4, 0.5) is 0 Å². The van der Waals surface area contributed by atoms with Crippen molar-refractivity contribution in [3.8, 4) is 0 Å². The Balaban J connectivity index is 3.08. The third-order valence-corrected chi connectivity index (χ3v) is 0.792. The van der Waals surface area contributed by atoms with E-state index in [9.17, 15) is 0 Å². The predicted molar refractivity (Wildman–Crippen MR) is 31.0 cm³/mol. The van der Waals surface area contributed by atoms with Crippen molar-refractivity contribution >= 4 is 0 Å². The number of hydrogen-bond acceptors (Lipinski definition) is 1. The molecule has 0 atom stereocenters. The first-order valence-corrected chi connectivity index (χ1v) is 2.27. The van der Waals surface area contributed by atoms with E-state index in [1.807, 2.05) is 0 Å². The van der Waals surface area contributed by atoms with Crippen molar-refractivity contribution in [3.05, 3.63) is 43.4 Å². The highest BCUT2D eigenvalue weighted by Crippen LogP contribution is 1.93. The highest BCUT2D eigenvalue weighted by Gasteiger charge is 1.83. The monoisotopic (exact) mass is 103 g/mol. The van der Waals surface area contributed by atoms with E-state index >= 15 is 0 Å². The Hall–Kier alpha value is -0.850. The summed E-state index contributed by atoms with van der Waals surface area (Å²) in [5, 5.41) is 0. The average molecular weight is 103 g/mol. The molecule has 0 aromatic carbocycles. The fraction of sp³-hybridized carbons (Fsp3) is 0. The lowest BCUT2D eigenvalue weighted by atomic mass is 10.3. The van der Waals surface area contributed by atoms with Crippen molar-refractivity contribution in [1.29, 1.82) is 0 Å². The second kappa shape index (κ2) is 1.95. The Morgan fingerprint density at radius 1 is 1.12 bits per heavy atom. The summed E-state index contributed by atoms with van der Waals surface area (Å²) in [5.41, 5.74) is 0.926. The van der Waals surface area contributed by atoms with Gasteiger partial charge in [-0.15, -0.1) is 0 Å². The molecule has 1 aromatic heterocycles. The Kier molecular flexibility index (Phi) is 1.29. The van der Waals surface area contributed by atoms with E-state index in [4.69, 9.17) is 13.8 Å². The molecule has 0 fully saturated rings. The van der Waals surface area contributed by atoms with Crippen LogP contribution in [0.1, 0.15) is 11.4 Å². The van der Waals surface area contributed by atoms with E-state index in [0.29, 0.717) is 11.4 Å². The first-order chi connectivity index (χ1) is 3.79. The molecule has 1 rings (SSSR count). The number of rotatable bonds is 0. The molecule has 0 unspecified atom stereocenters. The van der Waals surface area contributed by atoms with E-state index in [-0.39, 0.29) is 0 Å². The molecular weight excluding hydrogens is 98.1 g/mol. The second-order valence-electron chi connectivity index (χ2n) is 1.49. The molecule has 1 aromatic rings. The lowest BCUT2D eigenvalue weighted by Gasteiger charge is -1.89. The quantitative estimate of drug-likeness (QED) is 0.480. The summed E-state index contributed by atoms with van der Waals surface area (Å²) in [4.78, 5) is 3.73. The largest absolute Gasteiger partial charge is 0.257 e. The first-order valence-electron chi connectivity index (χ1n) is 2.27. The van der Waals surface area contributed by atoms with E-state index in [2.05, 4.69) is 4.98 Å². The van der Waals surface area contributed by atoms with Gasteiger partial charge in [-0.3, -0.25) is 4.98 Å². The normalized spacial score (nSPS) is 9.25. The molecule has 0 N–H and O–H groups in total. The Labute approximate surface area is 49.4 Å². The molecule has 0 aliphatic carbocycles. The maximum Gasteiger partial charge on any atom is 0.0451 e. The van der Waals surface area contributed by atoms with Crippen molar-refractivity contribution in [2.45, 2.75) is 0 Å². The fourth-order valence-corrected chi connectivity index (χ4v) is 0.469. The van der Waals surface area contributed by atoms with Crippen molar-refractivity contribution < 1.29 is 0 Å². The van der Waals surface area contributed by atoms with Crippen LogP contribution in [0.3, 0.4) is 0 Å². The zero-order valence-corrected chi connectivity index (χ0v) is 4.33. The molecule has 1 heteroatoms. The third kappa shape index (κ3) is 1.06. The summed E-state index contributed by atoms with van der Waals surface area (Å²) in [6.07, 6.45) is 0. The van der Waals surface area contributed by atoms with Crippen LogP contribution < -0.4 is 0 Å². The number of hydrogen-bond donors (Lipinski definition) is 0. The molecule has 4 radical (unpaired) electrons. The number of pyridine rings is 1. The maximum absolute atomic E-state index is 5.27. The Morgan fingerprint density at radius 2 is 1.62 bits per heavy atom. The standard InChI is InChI=1S/C7H5N/c1-6-4-3-5-7(2)8-6/h1-5H. The highest BCUT2D eigenvalue weighted by molar-refractivity contribution is 5.14. The van der Waals surface area contributed by atoms with Crippen LogP contribution in [-0.4, -0.2) is 4.98 Å². The molecule has 0 aliphatic heterocycles. The van der Waals surface area contributed by atoms with Gasteiger partial charge in [-0.25, -0.2) is 0 Å². The van der Waals surface area contributed by atoms with Gasteiger partial charge in [-0.2, -0.15) is 0 Å². The molecule has 1 heterocycles. The minimum Gasteiger partial charge on any atom is -0.257 e. The van der Waals surface area contributed by atoms with Crippen molar-refractivity contribution in [2.75, 3.05) is 0 Å². The lowest BCUT2D eigenvalue weighted by molar-refractivity contribution is 1.22. The topological polar surface area (TPSA) is 12.9 Å². The zero-order chi connectivity index (χ0) is 5.98. The summed E-state index contributed by atoms with van der Waals surface area (Å²) in [6, 6.07) is 5.14. The summed E-state index contributed by atoms with van der Waals surface area (Å²) < 4.78 is 0. The summed E-state index contributed by atoms with van der Waals surface area (Å²) in [6.45, 7) is 10.5. The number of aromatic nitrogens is 1. The van der Waals surface area contributed by atoms with Gasteiger partial charge in [0.1, 0.15) is 0 Å². The molecular formula is C7H5N. The van der Waals surface area contributed by atoms with E-state index in [1.165, 1.54) is 0 Å². The van der Waals surface area contributed by atoms with Crippen LogP contribution in [-0.2, 0) is 0 Å². The molecule has 0 bridgehead atoms. The third-order valence-electron chi connectivity index (χ3n) is 0.792. The van der Waals surface area contributed by atoms with Gasteiger partial charge in [0.05, 0.1) is 0 Å². The highest BCUT2D eigenvalue weighted by atomic mass is 14.7. The van der Waals surface area contributed by atoms with Gasteiger partial charge in [0.2, 0.25) is 0 Å². The molecule has 0 amide bonds. The van der Waals surface area contributed by atoms with Gasteiger partial charge < -0.3 is 0 Å². The van der Waals surface area contributed by atoms with Crippen LogP contribution in [0.15, 0.2) is 18.2 Å². The fourth-order valence-electron chi connectivity index (χ4n) is 0.469. The second-order valence-corrected chi connectivity index (χ2v) is 1.49. The Morgan fingerprint density at radius 3 is 1.88 bits per heavy atom. The van der Waals surface area contributed by atoms with E-state index < -0.39 is 0 Å². The van der Waals surface area contributed by atoms with Crippen molar-refractivity contribution in [3.63, 3.8) is 0 Å². The van der Waals surface area contributed by atoms with Gasteiger partial charge in [0.25, 0.3) is 0 Å². The molecule has 0 spiro atoms. The average Bonchev–Trinajstić information content (AvgIpc) is 1.64. The molecule has 0 saturated heterocycles. The van der Waals surface area contributed by atoms with E-state index in [0.717, 1.165) is 0 Å². The van der Waals surface area contributed by atoms with Crippen LogP contribution in [0.2, 0.25) is 0 Å². The first kappa shape index (κ1) is 5.29. The van der Waals surface area contributed by atoms with Gasteiger partial charge in [-0.05, 0) is 12.1 Å². The summed E-state index contributed by atoms with van der Waals surface area (Å²) in [7, 11) is 0. The predicted octanol–water partition coefficient (Wildman–Crippen LogP) is 1.20. The smallest absolute Gasteiger partial charge is 0.0451 e. The summed E-state index contributed by atoms with van der Waals surface area (Å²) >= 11 is 0. The van der Waals surface area contributed by atoms with Crippen LogP contribution in [0.25, 0.3) is 0 Å². The SMILES string of the molecule is [CH]c1cccc([CH])n1. The molecule has 8 heavy (non-hydrogen) atoms. The minimum absolute atomic E-state index is 0.463. The van der Waals surface area contributed by atoms with Gasteiger partial charge >= 0.3 is 0 Å². The van der Waals surface area contributed by atoms with Gasteiger partial charge in [0.15, 0.2) is 0 Å². The minimum atomic E-state index is 0.463. The molecule has 38 valence electrons. The van der Waals surface area contributed by atoms with Crippen LogP contribution in [0, 0.1) is 13.8 Å². The van der Waals surface area contributed by atoms with Crippen LogP contribution >= 0.6 is 0 Å². The van der Waals surface area contributed by atoms with Crippen molar-refractivity contribution in [2.24, 2.45) is 0 Å². The maximum atomic E-state index is 5.27. The number of nitrogens with zero attached hydrogens (tertiary/aromatic N) is 1. The molecule has 0 saturated carbocycles. The van der Waals surface area contributed by atoms with E-state index in [1.54, 1.807) is 18.2 Å². The Bertz CT molecular complexity index is 164. The van der Waals surface area contributed by atoms with Crippen LogP contribution in [0.5, 0.6) is 0 Å². The lowest BCUT2D eigenvalue weighted by Crippen LogP contribution is -1.81. The van der Waals surface area contributed by atoms with Gasteiger partial charge in [-0.1, -0.05) is 6.07 Å². The molecule has 1 nitrogen and oxygen atoms in total. The molecule has 0 aliphatic rings.